The highest BCUT2D eigenvalue weighted by Crippen LogP contribution is 2.28. The summed E-state index contributed by atoms with van der Waals surface area (Å²) in [6.45, 7) is 2.77. The van der Waals surface area contributed by atoms with Gasteiger partial charge in [-0.3, -0.25) is 19.2 Å². The van der Waals surface area contributed by atoms with Gasteiger partial charge in [0.1, 0.15) is 6.54 Å². The van der Waals surface area contributed by atoms with E-state index in [2.05, 4.69) is 5.32 Å². The molecule has 166 valence electrons. The van der Waals surface area contributed by atoms with Gasteiger partial charge < -0.3 is 10.1 Å². The summed E-state index contributed by atoms with van der Waals surface area (Å²) < 4.78 is 30.2. The normalized spacial score (nSPS) is 11.0. The number of anilines is 2. The lowest BCUT2D eigenvalue weighted by molar-refractivity contribution is -0.384. The first kappa shape index (κ1) is 24.1. The second kappa shape index (κ2) is 9.75. The van der Waals surface area contributed by atoms with Crippen molar-refractivity contribution < 1.29 is 27.7 Å². The van der Waals surface area contributed by atoms with Crippen LogP contribution in [0.1, 0.15) is 22.8 Å². The molecule has 0 aromatic heterocycles. The first-order valence-corrected chi connectivity index (χ1v) is 11.2. The molecule has 0 saturated heterocycles. The Bertz CT molecular complexity index is 1140. The first-order chi connectivity index (χ1) is 14.4. The van der Waals surface area contributed by atoms with E-state index < -0.39 is 33.4 Å². The SMILES string of the molecule is CCOC(=O)c1ccc(NC(=O)CN(c2cc([N+](=O)[O-])ccc2C)S(C)(=O)=O)c(Cl)c1. The molecular weight excluding hydrogens is 450 g/mol. The van der Waals surface area contributed by atoms with Crippen molar-refractivity contribution in [1.29, 1.82) is 0 Å². The molecule has 1 N–H and O–H groups in total. The fourth-order valence-corrected chi connectivity index (χ4v) is 3.77. The van der Waals surface area contributed by atoms with Crippen molar-refractivity contribution in [1.82, 2.24) is 0 Å². The van der Waals surface area contributed by atoms with Crippen LogP contribution >= 0.6 is 11.6 Å². The van der Waals surface area contributed by atoms with Crippen LogP contribution in [0.4, 0.5) is 17.1 Å². The number of nitro groups is 1. The summed E-state index contributed by atoms with van der Waals surface area (Å²) in [5.74, 6) is -1.31. The number of nitro benzene ring substituents is 1. The van der Waals surface area contributed by atoms with E-state index in [0.717, 1.165) is 16.6 Å². The van der Waals surface area contributed by atoms with E-state index in [1.165, 1.54) is 30.3 Å². The highest BCUT2D eigenvalue weighted by Gasteiger charge is 2.25. The van der Waals surface area contributed by atoms with E-state index in [4.69, 9.17) is 16.3 Å². The summed E-state index contributed by atoms with van der Waals surface area (Å²) >= 11 is 6.11. The minimum atomic E-state index is -3.95. The van der Waals surface area contributed by atoms with E-state index in [0.29, 0.717) is 5.56 Å². The number of carbonyl (C=O) groups is 2. The second-order valence-electron chi connectivity index (χ2n) is 6.46. The number of amides is 1. The summed E-state index contributed by atoms with van der Waals surface area (Å²) in [6, 6.07) is 7.83. The van der Waals surface area contributed by atoms with Gasteiger partial charge in [0.15, 0.2) is 0 Å². The van der Waals surface area contributed by atoms with Crippen molar-refractivity contribution in [2.45, 2.75) is 13.8 Å². The molecule has 0 aliphatic rings. The van der Waals surface area contributed by atoms with E-state index in [9.17, 15) is 28.1 Å². The molecule has 0 heterocycles. The predicted octanol–water partition coefficient (Wildman–Crippen LogP) is 3.14. The molecule has 0 saturated carbocycles. The maximum atomic E-state index is 12.5. The molecule has 12 heteroatoms. The molecule has 0 spiro atoms. The van der Waals surface area contributed by atoms with Crippen LogP contribution in [-0.4, -0.2) is 44.6 Å². The van der Waals surface area contributed by atoms with Crippen molar-refractivity contribution in [3.05, 3.63) is 62.7 Å². The monoisotopic (exact) mass is 469 g/mol. The molecule has 0 atom stereocenters. The van der Waals surface area contributed by atoms with Gasteiger partial charge in [0.2, 0.25) is 15.9 Å². The molecule has 10 nitrogen and oxygen atoms in total. The van der Waals surface area contributed by atoms with Crippen molar-refractivity contribution in [2.24, 2.45) is 0 Å². The Labute approximate surface area is 184 Å². The number of nitrogens with zero attached hydrogens (tertiary/aromatic N) is 2. The third-order valence-corrected chi connectivity index (χ3v) is 5.55. The van der Waals surface area contributed by atoms with Gasteiger partial charge in [-0.05, 0) is 37.6 Å². The smallest absolute Gasteiger partial charge is 0.338 e. The molecule has 0 bridgehead atoms. The van der Waals surface area contributed by atoms with Gasteiger partial charge in [-0.15, -0.1) is 0 Å². The Morgan fingerprint density at radius 3 is 2.45 bits per heavy atom. The Balaban J connectivity index is 2.28. The van der Waals surface area contributed by atoms with Crippen LogP contribution in [0.25, 0.3) is 0 Å². The maximum Gasteiger partial charge on any atom is 0.338 e. The Morgan fingerprint density at radius 1 is 1.23 bits per heavy atom. The van der Waals surface area contributed by atoms with Crippen LogP contribution in [0.5, 0.6) is 0 Å². The number of nitrogens with one attached hydrogen (secondary N) is 1. The highest BCUT2D eigenvalue weighted by molar-refractivity contribution is 7.92. The van der Waals surface area contributed by atoms with Gasteiger partial charge in [0, 0.05) is 12.1 Å². The fraction of sp³-hybridized carbons (Fsp3) is 0.263. The lowest BCUT2D eigenvalue weighted by atomic mass is 10.2. The van der Waals surface area contributed by atoms with Gasteiger partial charge in [0.25, 0.3) is 5.69 Å². The molecular formula is C19H20ClN3O7S. The minimum absolute atomic E-state index is 0.00982. The zero-order chi connectivity index (χ0) is 23.3. The van der Waals surface area contributed by atoms with E-state index in [-0.39, 0.29) is 34.3 Å². The molecule has 0 unspecified atom stereocenters. The number of ether oxygens (including phenoxy) is 1. The summed E-state index contributed by atoms with van der Waals surface area (Å²) in [5, 5.41) is 13.6. The number of halogens is 1. The minimum Gasteiger partial charge on any atom is -0.462 e. The molecule has 0 radical (unpaired) electrons. The second-order valence-corrected chi connectivity index (χ2v) is 8.77. The number of rotatable bonds is 8. The molecule has 1 amide bonds. The largest absolute Gasteiger partial charge is 0.462 e. The van der Waals surface area contributed by atoms with E-state index in [1.54, 1.807) is 13.8 Å². The van der Waals surface area contributed by atoms with Crippen LogP contribution in [0.15, 0.2) is 36.4 Å². The predicted molar refractivity (Wildman–Crippen MR) is 116 cm³/mol. The lowest BCUT2D eigenvalue weighted by Gasteiger charge is -2.23. The average molecular weight is 470 g/mol. The fourth-order valence-electron chi connectivity index (χ4n) is 2.64. The van der Waals surface area contributed by atoms with Crippen molar-refractivity contribution in [3.8, 4) is 0 Å². The number of carbonyl (C=O) groups excluding carboxylic acids is 2. The summed E-state index contributed by atoms with van der Waals surface area (Å²) in [6.07, 6.45) is 0.889. The summed E-state index contributed by atoms with van der Waals surface area (Å²) in [4.78, 5) is 34.7. The van der Waals surface area contributed by atoms with Crippen molar-refractivity contribution >= 4 is 50.6 Å². The van der Waals surface area contributed by atoms with Crippen LogP contribution < -0.4 is 9.62 Å². The zero-order valence-corrected chi connectivity index (χ0v) is 18.5. The maximum absolute atomic E-state index is 12.5. The number of aryl methyl sites for hydroxylation is 1. The number of benzene rings is 2. The molecule has 31 heavy (non-hydrogen) atoms. The Hall–Kier alpha value is -3.18. The topological polar surface area (TPSA) is 136 Å². The summed E-state index contributed by atoms with van der Waals surface area (Å²) in [5.41, 5.74) is 0.474. The number of hydrogen-bond donors (Lipinski definition) is 1. The zero-order valence-electron chi connectivity index (χ0n) is 16.9. The number of esters is 1. The molecule has 2 rings (SSSR count). The van der Waals surface area contributed by atoms with Gasteiger partial charge in [-0.2, -0.15) is 0 Å². The van der Waals surface area contributed by atoms with Gasteiger partial charge in [0.05, 0.1) is 39.7 Å². The lowest BCUT2D eigenvalue weighted by Crippen LogP contribution is -2.38. The van der Waals surface area contributed by atoms with Crippen LogP contribution in [0.2, 0.25) is 5.02 Å². The molecule has 0 aliphatic heterocycles. The van der Waals surface area contributed by atoms with Crippen LogP contribution in [0.3, 0.4) is 0 Å². The number of hydrogen-bond acceptors (Lipinski definition) is 7. The van der Waals surface area contributed by atoms with Gasteiger partial charge in [-0.1, -0.05) is 17.7 Å². The van der Waals surface area contributed by atoms with Crippen LogP contribution in [-0.2, 0) is 19.6 Å². The van der Waals surface area contributed by atoms with Crippen molar-refractivity contribution in [3.63, 3.8) is 0 Å². The quantitative estimate of drug-likeness (QED) is 0.356. The first-order valence-electron chi connectivity index (χ1n) is 8.93. The number of non-ortho nitro benzene ring substituents is 1. The van der Waals surface area contributed by atoms with Gasteiger partial charge in [-0.25, -0.2) is 13.2 Å². The van der Waals surface area contributed by atoms with E-state index >= 15 is 0 Å². The molecule has 0 aliphatic carbocycles. The Morgan fingerprint density at radius 2 is 1.90 bits per heavy atom. The third kappa shape index (κ3) is 6.15. The van der Waals surface area contributed by atoms with Crippen LogP contribution in [0, 0.1) is 17.0 Å². The standard InChI is InChI=1S/C19H20ClN3O7S/c1-4-30-19(25)13-6-8-16(15(20)9-13)21-18(24)11-22(31(3,28)29)17-10-14(23(26)27)7-5-12(17)2/h5-10H,4,11H2,1-3H3,(H,21,24). The van der Waals surface area contributed by atoms with E-state index in [1.807, 2.05) is 0 Å². The molecule has 0 fully saturated rings. The van der Waals surface area contributed by atoms with Crippen molar-refractivity contribution in [2.75, 3.05) is 29.0 Å². The Kier molecular flexibility index (Phi) is 7.58. The molecule has 2 aromatic rings. The summed E-state index contributed by atoms with van der Waals surface area (Å²) in [7, 11) is -3.95. The highest BCUT2D eigenvalue weighted by atomic mass is 35.5. The molecule has 2 aromatic carbocycles. The average Bonchev–Trinajstić information content (AvgIpc) is 2.67. The van der Waals surface area contributed by atoms with Gasteiger partial charge >= 0.3 is 5.97 Å². The third-order valence-electron chi connectivity index (χ3n) is 4.11. The number of sulfonamides is 1.